The minimum absolute atomic E-state index is 0.0348. The van der Waals surface area contributed by atoms with E-state index in [1.54, 1.807) is 32.9 Å². The molecule has 5 amide bonds. The SMILES string of the molecule is CC(C)(C)OC(=O)N[C@H]1CCCCC/C=C\[C@@H]2C[C@@]2(C(N)=O)NC(=O)[C@@H]2C[C@@H](OC(=O)N3Cc4cccc(F)c4C3)CN2C1=O.OCc1ccccc1. The zero-order valence-electron chi connectivity index (χ0n) is 30.5. The Morgan fingerprint density at radius 2 is 1.81 bits per heavy atom. The topological polar surface area (TPSA) is 181 Å². The van der Waals surface area contributed by atoms with Gasteiger partial charge in [-0.3, -0.25) is 19.3 Å². The lowest BCUT2D eigenvalue weighted by atomic mass is 10.0. The number of nitrogens with zero attached hydrogens (tertiary/aromatic N) is 2. The van der Waals surface area contributed by atoms with Crippen molar-refractivity contribution < 1.29 is 42.9 Å². The van der Waals surface area contributed by atoms with Gasteiger partial charge in [0, 0.05) is 24.4 Å². The Kier molecular flexibility index (Phi) is 12.4. The summed E-state index contributed by atoms with van der Waals surface area (Å²) in [6.45, 7) is 5.38. The number of primary amides is 1. The van der Waals surface area contributed by atoms with Crippen molar-refractivity contribution in [2.75, 3.05) is 6.54 Å². The smallest absolute Gasteiger partial charge is 0.410 e. The maximum atomic E-state index is 14.3. The third-order valence-electron chi connectivity index (χ3n) is 9.85. The molecule has 2 aromatic carbocycles. The number of aliphatic hydroxyl groups is 1. The summed E-state index contributed by atoms with van der Waals surface area (Å²) in [7, 11) is 0. The maximum Gasteiger partial charge on any atom is 0.410 e. The molecule has 1 saturated heterocycles. The van der Waals surface area contributed by atoms with Gasteiger partial charge in [0.1, 0.15) is 35.1 Å². The highest BCUT2D eigenvalue weighted by Crippen LogP contribution is 2.45. The van der Waals surface area contributed by atoms with Crippen LogP contribution in [0.4, 0.5) is 14.0 Å². The number of hydrogen-bond acceptors (Lipinski definition) is 8. The molecule has 3 aliphatic heterocycles. The summed E-state index contributed by atoms with van der Waals surface area (Å²) in [6.07, 6.45) is 5.17. The number of hydrogen-bond donors (Lipinski definition) is 4. The Bertz CT molecular complexity index is 1700. The molecule has 0 aromatic heterocycles. The van der Waals surface area contributed by atoms with E-state index in [2.05, 4.69) is 10.6 Å². The standard InChI is InChI=1S/C32H42FN5O7.C7H8O/c1-31(2,3)45-29(42)35-24-13-8-6-4-5-7-11-20-15-32(20,28(34)41)36-26(39)25-14-21(17-38(25)27(24)40)44-30(43)37-16-19-10-9-12-23(33)22(19)18-37;8-6-7-4-2-1-3-5-7/h7,9-12,20-21,24-25H,4-6,8,13-18H2,1-3H3,(H2,34,41)(H,35,42)(H,36,39);1-5,8H,6H2/b11-7-;/t20-,21-,24+,25+,32-;/m1./s1. The molecule has 1 saturated carbocycles. The van der Waals surface area contributed by atoms with Crippen LogP contribution in [-0.4, -0.2) is 80.7 Å². The first-order chi connectivity index (χ1) is 25.2. The lowest BCUT2D eigenvalue weighted by Crippen LogP contribution is -2.57. The van der Waals surface area contributed by atoms with Crippen molar-refractivity contribution in [3.05, 3.63) is 83.2 Å². The fourth-order valence-corrected chi connectivity index (χ4v) is 6.95. The molecule has 14 heteroatoms. The Balaban J connectivity index is 0.000000599. The predicted octanol–water partition coefficient (Wildman–Crippen LogP) is 4.20. The van der Waals surface area contributed by atoms with Crippen LogP contribution in [0.15, 0.2) is 60.7 Å². The molecule has 3 heterocycles. The fraction of sp³-hybridized carbons (Fsp3) is 0.513. The van der Waals surface area contributed by atoms with Gasteiger partial charge in [0.05, 0.1) is 19.7 Å². The van der Waals surface area contributed by atoms with Crippen LogP contribution >= 0.6 is 0 Å². The number of benzene rings is 2. The van der Waals surface area contributed by atoms with Gasteiger partial charge < -0.3 is 35.8 Å². The number of nitrogens with one attached hydrogen (secondary N) is 2. The second-order valence-electron chi connectivity index (χ2n) is 15.0. The maximum absolute atomic E-state index is 14.3. The number of allylic oxidation sites excluding steroid dienone is 1. The number of fused-ring (bicyclic) bond motifs is 3. The van der Waals surface area contributed by atoms with E-state index < -0.39 is 65.1 Å². The molecule has 0 unspecified atom stereocenters. The number of alkyl carbamates (subject to hydrolysis) is 1. The van der Waals surface area contributed by atoms with Gasteiger partial charge >= 0.3 is 12.2 Å². The molecule has 0 radical (unpaired) electrons. The minimum atomic E-state index is -1.27. The zero-order chi connectivity index (χ0) is 38.3. The highest BCUT2D eigenvalue weighted by Gasteiger charge is 2.60. The second kappa shape index (κ2) is 16.8. The molecule has 0 spiro atoms. The highest BCUT2D eigenvalue weighted by molar-refractivity contribution is 5.97. The number of aliphatic hydroxyl groups excluding tert-OH is 1. The van der Waals surface area contributed by atoms with Crippen LogP contribution in [-0.2, 0) is 43.6 Å². The van der Waals surface area contributed by atoms with Gasteiger partial charge in [0.2, 0.25) is 17.7 Å². The lowest BCUT2D eigenvalue weighted by molar-refractivity contribution is -0.141. The predicted molar refractivity (Wildman–Crippen MR) is 192 cm³/mol. The van der Waals surface area contributed by atoms with Crippen LogP contribution in [0.1, 0.15) is 82.4 Å². The van der Waals surface area contributed by atoms with Gasteiger partial charge in [-0.15, -0.1) is 0 Å². The Hall–Kier alpha value is -4.98. The Morgan fingerprint density at radius 3 is 2.47 bits per heavy atom. The molecule has 6 rings (SSSR count). The van der Waals surface area contributed by atoms with E-state index in [1.807, 2.05) is 42.5 Å². The summed E-state index contributed by atoms with van der Waals surface area (Å²) >= 11 is 0. The second-order valence-corrected chi connectivity index (χ2v) is 15.0. The molecule has 4 aliphatic rings. The van der Waals surface area contributed by atoms with Crippen LogP contribution in [0, 0.1) is 11.7 Å². The van der Waals surface area contributed by atoms with E-state index >= 15 is 0 Å². The fourth-order valence-electron chi connectivity index (χ4n) is 6.95. The van der Waals surface area contributed by atoms with Crippen molar-refractivity contribution in [1.29, 1.82) is 0 Å². The summed E-state index contributed by atoms with van der Waals surface area (Å²) in [5.41, 5.74) is 5.74. The number of nitrogens with two attached hydrogens (primary N) is 1. The number of carbonyl (C=O) groups excluding carboxylic acids is 5. The molecular weight excluding hydrogens is 685 g/mol. The number of ether oxygens (including phenoxy) is 2. The van der Waals surface area contributed by atoms with Crippen molar-refractivity contribution >= 4 is 29.9 Å². The molecule has 1 aliphatic carbocycles. The summed E-state index contributed by atoms with van der Waals surface area (Å²) in [4.78, 5) is 68.9. The summed E-state index contributed by atoms with van der Waals surface area (Å²) in [5, 5.41) is 14.0. The third kappa shape index (κ3) is 9.92. The summed E-state index contributed by atoms with van der Waals surface area (Å²) in [5.74, 6) is -2.46. The monoisotopic (exact) mass is 735 g/mol. The zero-order valence-corrected chi connectivity index (χ0v) is 30.5. The van der Waals surface area contributed by atoms with Gasteiger partial charge in [-0.05, 0) is 63.6 Å². The molecule has 0 bridgehead atoms. The third-order valence-corrected chi connectivity index (χ3v) is 9.85. The van der Waals surface area contributed by atoms with Gasteiger partial charge in [-0.1, -0.05) is 67.5 Å². The number of rotatable bonds is 4. The molecule has 286 valence electrons. The highest BCUT2D eigenvalue weighted by atomic mass is 19.1. The Labute approximate surface area is 309 Å². The quantitative estimate of drug-likeness (QED) is 0.337. The molecule has 5 N–H and O–H groups in total. The average Bonchev–Trinajstić information content (AvgIpc) is 3.41. The van der Waals surface area contributed by atoms with Gasteiger partial charge in [0.25, 0.3) is 0 Å². The van der Waals surface area contributed by atoms with E-state index in [-0.39, 0.29) is 38.6 Å². The van der Waals surface area contributed by atoms with Gasteiger partial charge in [0.15, 0.2) is 0 Å². The normalized spacial score (nSPS) is 26.2. The van der Waals surface area contributed by atoms with Crippen molar-refractivity contribution in [1.82, 2.24) is 20.4 Å². The van der Waals surface area contributed by atoms with Gasteiger partial charge in [-0.25, -0.2) is 14.0 Å². The molecule has 13 nitrogen and oxygen atoms in total. The Morgan fingerprint density at radius 1 is 1.06 bits per heavy atom. The minimum Gasteiger partial charge on any atom is -0.444 e. The van der Waals surface area contributed by atoms with Crippen LogP contribution < -0.4 is 16.4 Å². The summed E-state index contributed by atoms with van der Waals surface area (Å²) < 4.78 is 25.5. The van der Waals surface area contributed by atoms with Crippen molar-refractivity contribution in [2.24, 2.45) is 11.7 Å². The van der Waals surface area contributed by atoms with E-state index in [0.29, 0.717) is 30.4 Å². The van der Waals surface area contributed by atoms with Crippen molar-refractivity contribution in [3.63, 3.8) is 0 Å². The average molecular weight is 736 g/mol. The van der Waals surface area contributed by atoms with E-state index in [4.69, 9.17) is 20.3 Å². The molecule has 2 aromatic rings. The number of halogens is 1. The molecule has 2 fully saturated rings. The largest absolute Gasteiger partial charge is 0.444 e. The van der Waals surface area contributed by atoms with Crippen molar-refractivity contribution in [3.8, 4) is 0 Å². The van der Waals surface area contributed by atoms with Crippen molar-refractivity contribution in [2.45, 2.75) is 115 Å². The number of carbonyl (C=O) groups is 5. The first-order valence-electron chi connectivity index (χ1n) is 18.2. The lowest BCUT2D eigenvalue weighted by Gasteiger charge is -2.30. The first-order valence-corrected chi connectivity index (χ1v) is 18.2. The van der Waals surface area contributed by atoms with Gasteiger partial charge in [-0.2, -0.15) is 0 Å². The molecule has 53 heavy (non-hydrogen) atoms. The first kappa shape index (κ1) is 39.2. The molecule has 5 atom stereocenters. The van der Waals surface area contributed by atoms with Crippen LogP contribution in [0.2, 0.25) is 0 Å². The van der Waals surface area contributed by atoms with Crippen LogP contribution in [0.3, 0.4) is 0 Å². The summed E-state index contributed by atoms with van der Waals surface area (Å²) in [6, 6.07) is 12.1. The van der Waals surface area contributed by atoms with Crippen LogP contribution in [0.5, 0.6) is 0 Å². The van der Waals surface area contributed by atoms with E-state index in [1.165, 1.54) is 15.9 Å². The van der Waals surface area contributed by atoms with E-state index in [0.717, 1.165) is 24.8 Å². The number of amides is 5. The van der Waals surface area contributed by atoms with Crippen LogP contribution in [0.25, 0.3) is 0 Å². The molecular formula is C39H50FN5O8. The van der Waals surface area contributed by atoms with E-state index in [9.17, 15) is 28.4 Å².